The van der Waals surface area contributed by atoms with E-state index >= 15 is 0 Å². The third kappa shape index (κ3) is 5.00. The van der Waals surface area contributed by atoms with E-state index in [0.29, 0.717) is 28.2 Å². The molecule has 32 heavy (non-hydrogen) atoms. The van der Waals surface area contributed by atoms with Gasteiger partial charge < -0.3 is 18.6 Å². The molecule has 0 aliphatic carbocycles. The maximum atomic E-state index is 12.9. The topological polar surface area (TPSA) is 75.0 Å². The fraction of sp³-hybridized carbons (Fsp3) is 0.120. The number of hydrogen-bond acceptors (Lipinski definition) is 6. The molecule has 4 rings (SSSR count). The van der Waals surface area contributed by atoms with Crippen LogP contribution < -0.4 is 14.9 Å². The van der Waals surface area contributed by atoms with Crippen LogP contribution in [0.15, 0.2) is 86.5 Å². The van der Waals surface area contributed by atoms with Crippen molar-refractivity contribution < 1.29 is 23.4 Å². The minimum Gasteiger partial charge on any atom is -0.482 e. The Bertz CT molecular complexity index is 1310. The second kappa shape index (κ2) is 9.70. The fourth-order valence-electron chi connectivity index (χ4n) is 3.04. The number of benzene rings is 3. The van der Waals surface area contributed by atoms with Crippen LogP contribution in [0.25, 0.3) is 11.0 Å². The third-order valence-electron chi connectivity index (χ3n) is 4.63. The van der Waals surface area contributed by atoms with E-state index in [-0.39, 0.29) is 24.4 Å². The zero-order valence-electron chi connectivity index (χ0n) is 17.2. The highest BCUT2D eigenvalue weighted by molar-refractivity contribution is 9.10. The summed E-state index contributed by atoms with van der Waals surface area (Å²) in [5.74, 6) is 0.844. The summed E-state index contributed by atoms with van der Waals surface area (Å²) in [5, 5.41) is 0.344. The summed E-state index contributed by atoms with van der Waals surface area (Å²) in [6, 6.07) is 21.4. The van der Waals surface area contributed by atoms with Gasteiger partial charge in [0.1, 0.15) is 29.4 Å². The zero-order chi connectivity index (χ0) is 22.5. The summed E-state index contributed by atoms with van der Waals surface area (Å²) in [5.41, 5.74) is 0.930. The van der Waals surface area contributed by atoms with Crippen molar-refractivity contribution in [3.8, 4) is 17.2 Å². The molecular formula is C25H19BrO6. The monoisotopic (exact) mass is 494 g/mol. The molecule has 0 fully saturated rings. The molecule has 7 heteroatoms. The molecule has 0 bridgehead atoms. The van der Waals surface area contributed by atoms with Gasteiger partial charge in [-0.3, -0.25) is 4.79 Å². The van der Waals surface area contributed by atoms with Gasteiger partial charge in [0, 0.05) is 6.07 Å². The SMILES string of the molecule is Cc1oc2cc(OCC(=O)OCc3ccccc3)ccc2c(=O)c1Oc1ccccc1Br. The third-order valence-corrected chi connectivity index (χ3v) is 5.29. The van der Waals surface area contributed by atoms with Crippen molar-refractivity contribution in [2.24, 2.45) is 0 Å². The van der Waals surface area contributed by atoms with Gasteiger partial charge in [0.05, 0.1) is 9.86 Å². The second-order valence-corrected chi connectivity index (χ2v) is 7.80. The van der Waals surface area contributed by atoms with E-state index in [9.17, 15) is 9.59 Å². The Morgan fingerprint density at radius 2 is 1.75 bits per heavy atom. The van der Waals surface area contributed by atoms with E-state index in [4.69, 9.17) is 18.6 Å². The number of carbonyl (C=O) groups is 1. The summed E-state index contributed by atoms with van der Waals surface area (Å²) < 4.78 is 23.0. The van der Waals surface area contributed by atoms with Crippen LogP contribution in [0.3, 0.4) is 0 Å². The first-order valence-corrected chi connectivity index (χ1v) is 10.6. The van der Waals surface area contributed by atoms with Crippen LogP contribution in [-0.2, 0) is 16.1 Å². The number of rotatable bonds is 7. The van der Waals surface area contributed by atoms with Gasteiger partial charge in [0.2, 0.25) is 11.2 Å². The highest BCUT2D eigenvalue weighted by atomic mass is 79.9. The van der Waals surface area contributed by atoms with E-state index in [1.54, 1.807) is 31.2 Å². The number of fused-ring (bicyclic) bond motifs is 1. The predicted octanol–water partition coefficient (Wildman–Crippen LogP) is 5.78. The molecule has 1 aromatic heterocycles. The largest absolute Gasteiger partial charge is 0.482 e. The molecule has 1 heterocycles. The van der Waals surface area contributed by atoms with Crippen molar-refractivity contribution in [1.82, 2.24) is 0 Å². The maximum Gasteiger partial charge on any atom is 0.344 e. The lowest BCUT2D eigenvalue weighted by Gasteiger charge is -2.11. The fourth-order valence-corrected chi connectivity index (χ4v) is 3.40. The molecule has 0 atom stereocenters. The lowest BCUT2D eigenvalue weighted by molar-refractivity contribution is -0.147. The van der Waals surface area contributed by atoms with Gasteiger partial charge in [0.15, 0.2) is 6.61 Å². The van der Waals surface area contributed by atoms with E-state index in [1.165, 1.54) is 0 Å². The number of carbonyl (C=O) groups excluding carboxylic acids is 1. The van der Waals surface area contributed by atoms with Crippen LogP contribution in [-0.4, -0.2) is 12.6 Å². The van der Waals surface area contributed by atoms with E-state index in [2.05, 4.69) is 15.9 Å². The quantitative estimate of drug-likeness (QED) is 0.303. The Morgan fingerprint density at radius 1 is 1.00 bits per heavy atom. The van der Waals surface area contributed by atoms with Crippen molar-refractivity contribution in [3.63, 3.8) is 0 Å². The molecule has 0 saturated carbocycles. The van der Waals surface area contributed by atoms with Gasteiger partial charge in [0.25, 0.3) is 0 Å². The number of ether oxygens (including phenoxy) is 3. The number of esters is 1. The molecule has 6 nitrogen and oxygen atoms in total. The first-order chi connectivity index (χ1) is 15.5. The zero-order valence-corrected chi connectivity index (χ0v) is 18.8. The molecule has 0 spiro atoms. The molecule has 0 N–H and O–H groups in total. The van der Waals surface area contributed by atoms with Crippen LogP contribution in [0.1, 0.15) is 11.3 Å². The Morgan fingerprint density at radius 3 is 2.53 bits per heavy atom. The van der Waals surface area contributed by atoms with Crippen LogP contribution in [0.5, 0.6) is 17.2 Å². The summed E-state index contributed by atoms with van der Waals surface area (Å²) >= 11 is 3.40. The highest BCUT2D eigenvalue weighted by Crippen LogP contribution is 2.31. The lowest BCUT2D eigenvalue weighted by atomic mass is 10.2. The molecule has 0 aliphatic rings. The smallest absolute Gasteiger partial charge is 0.344 e. The summed E-state index contributed by atoms with van der Waals surface area (Å²) in [4.78, 5) is 24.9. The van der Waals surface area contributed by atoms with Crippen LogP contribution >= 0.6 is 15.9 Å². The average molecular weight is 495 g/mol. The highest BCUT2D eigenvalue weighted by Gasteiger charge is 2.16. The minimum absolute atomic E-state index is 0.113. The average Bonchev–Trinajstić information content (AvgIpc) is 2.80. The standard InChI is InChI=1S/C25H19BrO6/c1-16-25(32-21-10-6-5-9-20(21)26)24(28)19-12-11-18(13-22(19)31-16)29-15-23(27)30-14-17-7-3-2-4-8-17/h2-13H,14-15H2,1H3. The lowest BCUT2D eigenvalue weighted by Crippen LogP contribution is -2.15. The van der Waals surface area contributed by atoms with Gasteiger partial charge in [-0.25, -0.2) is 4.79 Å². The maximum absolute atomic E-state index is 12.9. The van der Waals surface area contributed by atoms with Gasteiger partial charge in [-0.15, -0.1) is 0 Å². The first-order valence-electron chi connectivity index (χ1n) is 9.83. The van der Waals surface area contributed by atoms with Gasteiger partial charge in [-0.05, 0) is 52.7 Å². The summed E-state index contributed by atoms with van der Waals surface area (Å²) in [7, 11) is 0. The molecule has 0 saturated heterocycles. The van der Waals surface area contributed by atoms with Gasteiger partial charge >= 0.3 is 5.97 Å². The molecule has 0 unspecified atom stereocenters. The minimum atomic E-state index is -0.497. The first kappa shape index (κ1) is 21.6. The van der Waals surface area contributed by atoms with E-state index in [1.807, 2.05) is 48.5 Å². The summed E-state index contributed by atoms with van der Waals surface area (Å²) in [6.07, 6.45) is 0. The van der Waals surface area contributed by atoms with Crippen molar-refractivity contribution in [1.29, 1.82) is 0 Å². The molecule has 0 amide bonds. The van der Waals surface area contributed by atoms with E-state index in [0.717, 1.165) is 10.0 Å². The second-order valence-electron chi connectivity index (χ2n) is 6.94. The number of halogens is 1. The van der Waals surface area contributed by atoms with Crippen molar-refractivity contribution >= 4 is 32.9 Å². The number of hydrogen-bond donors (Lipinski definition) is 0. The van der Waals surface area contributed by atoms with Crippen molar-refractivity contribution in [2.45, 2.75) is 13.5 Å². The molecule has 3 aromatic carbocycles. The van der Waals surface area contributed by atoms with Crippen LogP contribution in [0, 0.1) is 6.92 Å². The Kier molecular flexibility index (Phi) is 6.56. The van der Waals surface area contributed by atoms with E-state index < -0.39 is 5.97 Å². The van der Waals surface area contributed by atoms with Gasteiger partial charge in [-0.2, -0.15) is 0 Å². The molecule has 162 valence electrons. The molecule has 0 aliphatic heterocycles. The summed E-state index contributed by atoms with van der Waals surface area (Å²) in [6.45, 7) is 1.57. The van der Waals surface area contributed by atoms with Crippen LogP contribution in [0.4, 0.5) is 0 Å². The Balaban J connectivity index is 1.46. The Labute approximate surface area is 192 Å². The molecular weight excluding hydrogens is 476 g/mol. The van der Waals surface area contributed by atoms with Gasteiger partial charge in [-0.1, -0.05) is 42.5 Å². The van der Waals surface area contributed by atoms with Crippen LogP contribution in [0.2, 0.25) is 0 Å². The number of aryl methyl sites for hydroxylation is 1. The molecule has 4 aromatic rings. The normalized spacial score (nSPS) is 10.7. The predicted molar refractivity (Wildman–Crippen MR) is 123 cm³/mol. The molecule has 0 radical (unpaired) electrons. The Hall–Kier alpha value is -3.58. The van der Waals surface area contributed by atoms with Crippen molar-refractivity contribution in [3.05, 3.63) is 98.8 Å². The van der Waals surface area contributed by atoms with Crippen molar-refractivity contribution in [2.75, 3.05) is 6.61 Å². The number of para-hydroxylation sites is 1.